The summed E-state index contributed by atoms with van der Waals surface area (Å²) in [5, 5.41) is 0. The average Bonchev–Trinajstić information content (AvgIpc) is 2.42. The molecular formula is C17H21NO2S. The van der Waals surface area contributed by atoms with Crippen LogP contribution in [0.2, 0.25) is 0 Å². The van der Waals surface area contributed by atoms with Crippen molar-refractivity contribution in [3.05, 3.63) is 64.7 Å². The van der Waals surface area contributed by atoms with Crippen LogP contribution in [-0.4, -0.2) is 14.7 Å². The van der Waals surface area contributed by atoms with Crippen molar-refractivity contribution >= 4 is 9.84 Å². The minimum absolute atomic E-state index is 0.138. The number of hydrogen-bond donors (Lipinski definition) is 1. The van der Waals surface area contributed by atoms with Crippen LogP contribution in [0.25, 0.3) is 0 Å². The van der Waals surface area contributed by atoms with Gasteiger partial charge in [-0.2, -0.15) is 0 Å². The minimum Gasteiger partial charge on any atom is -0.324 e. The zero-order valence-corrected chi connectivity index (χ0v) is 13.4. The van der Waals surface area contributed by atoms with E-state index in [0.717, 1.165) is 12.0 Å². The lowest BCUT2D eigenvalue weighted by molar-refractivity contribution is 0.601. The Balaban J connectivity index is 2.16. The predicted molar refractivity (Wildman–Crippen MR) is 86.1 cm³/mol. The smallest absolute Gasteiger partial charge is 0.175 e. The van der Waals surface area contributed by atoms with E-state index in [1.165, 1.54) is 22.9 Å². The van der Waals surface area contributed by atoms with Gasteiger partial charge in [-0.15, -0.1) is 0 Å². The summed E-state index contributed by atoms with van der Waals surface area (Å²) in [5.74, 6) is 0. The summed E-state index contributed by atoms with van der Waals surface area (Å²) >= 11 is 0. The van der Waals surface area contributed by atoms with Crippen LogP contribution in [0.15, 0.2) is 47.4 Å². The van der Waals surface area contributed by atoms with Gasteiger partial charge in [-0.25, -0.2) is 8.42 Å². The first kappa shape index (κ1) is 15.7. The Labute approximate surface area is 126 Å². The van der Waals surface area contributed by atoms with Crippen LogP contribution in [0.5, 0.6) is 0 Å². The lowest BCUT2D eigenvalue weighted by Gasteiger charge is -2.13. The van der Waals surface area contributed by atoms with Gasteiger partial charge in [0.1, 0.15) is 0 Å². The van der Waals surface area contributed by atoms with Crippen molar-refractivity contribution in [1.29, 1.82) is 0 Å². The Morgan fingerprint density at radius 3 is 2.14 bits per heavy atom. The molecule has 1 unspecified atom stereocenters. The number of benzene rings is 2. The highest BCUT2D eigenvalue weighted by Gasteiger charge is 2.11. The quantitative estimate of drug-likeness (QED) is 0.944. The van der Waals surface area contributed by atoms with E-state index in [2.05, 4.69) is 32.0 Å². The molecule has 0 aliphatic carbocycles. The maximum atomic E-state index is 11.4. The van der Waals surface area contributed by atoms with E-state index in [0.29, 0.717) is 4.90 Å². The average molecular weight is 303 g/mol. The molecule has 2 rings (SSSR count). The summed E-state index contributed by atoms with van der Waals surface area (Å²) in [4.78, 5) is 0.324. The lowest BCUT2D eigenvalue weighted by Crippen LogP contribution is -2.13. The van der Waals surface area contributed by atoms with Crippen molar-refractivity contribution in [2.24, 2.45) is 5.73 Å². The molecule has 4 heteroatoms. The molecule has 0 spiro atoms. The molecule has 0 heterocycles. The molecule has 3 nitrogen and oxygen atoms in total. The van der Waals surface area contributed by atoms with Crippen LogP contribution in [-0.2, 0) is 16.3 Å². The fraction of sp³-hybridized carbons (Fsp3) is 0.294. The SMILES string of the molecule is Cc1ccc(CC(N)c2ccc(S(C)(=O)=O)cc2)cc1C. The molecular weight excluding hydrogens is 282 g/mol. The largest absolute Gasteiger partial charge is 0.324 e. The van der Waals surface area contributed by atoms with E-state index in [1.54, 1.807) is 24.3 Å². The normalized spacial score (nSPS) is 13.1. The van der Waals surface area contributed by atoms with E-state index in [-0.39, 0.29) is 6.04 Å². The van der Waals surface area contributed by atoms with Gasteiger partial charge in [0.05, 0.1) is 4.90 Å². The highest BCUT2D eigenvalue weighted by molar-refractivity contribution is 7.90. The molecule has 112 valence electrons. The zero-order chi connectivity index (χ0) is 15.6. The third-order valence-electron chi connectivity index (χ3n) is 3.76. The molecule has 0 saturated heterocycles. The standard InChI is InChI=1S/C17H21NO2S/c1-12-4-5-14(10-13(12)2)11-17(18)15-6-8-16(9-7-15)21(3,19)20/h4-10,17H,11,18H2,1-3H3. The minimum atomic E-state index is -3.16. The highest BCUT2D eigenvalue weighted by atomic mass is 32.2. The van der Waals surface area contributed by atoms with Crippen molar-refractivity contribution in [2.45, 2.75) is 31.2 Å². The number of sulfone groups is 1. The summed E-state index contributed by atoms with van der Waals surface area (Å²) in [6.07, 6.45) is 1.94. The predicted octanol–water partition coefficient (Wildman–Crippen LogP) is 2.95. The molecule has 1 atom stereocenters. The van der Waals surface area contributed by atoms with E-state index < -0.39 is 9.84 Å². The zero-order valence-electron chi connectivity index (χ0n) is 12.6. The molecule has 0 aliphatic rings. The van der Waals surface area contributed by atoms with Crippen molar-refractivity contribution < 1.29 is 8.42 Å². The summed E-state index contributed by atoms with van der Waals surface area (Å²) in [6.45, 7) is 4.17. The topological polar surface area (TPSA) is 60.2 Å². The second-order valence-electron chi connectivity index (χ2n) is 5.57. The number of rotatable bonds is 4. The van der Waals surface area contributed by atoms with E-state index in [1.807, 2.05) is 0 Å². The first-order valence-electron chi connectivity index (χ1n) is 6.89. The van der Waals surface area contributed by atoms with Gasteiger partial charge in [0.25, 0.3) is 0 Å². The van der Waals surface area contributed by atoms with Crippen LogP contribution in [0, 0.1) is 13.8 Å². The van der Waals surface area contributed by atoms with Crippen LogP contribution < -0.4 is 5.73 Å². The Morgan fingerprint density at radius 2 is 1.62 bits per heavy atom. The van der Waals surface area contributed by atoms with Crippen LogP contribution in [0.1, 0.15) is 28.3 Å². The van der Waals surface area contributed by atoms with Gasteiger partial charge in [0.2, 0.25) is 0 Å². The summed E-state index contributed by atoms with van der Waals surface area (Å²) in [6, 6.07) is 13.0. The van der Waals surface area contributed by atoms with Gasteiger partial charge in [-0.05, 0) is 54.7 Å². The second-order valence-corrected chi connectivity index (χ2v) is 7.59. The van der Waals surface area contributed by atoms with Gasteiger partial charge in [0, 0.05) is 12.3 Å². The number of hydrogen-bond acceptors (Lipinski definition) is 3. The third-order valence-corrected chi connectivity index (χ3v) is 4.89. The van der Waals surface area contributed by atoms with Gasteiger partial charge < -0.3 is 5.73 Å². The molecule has 0 amide bonds. The molecule has 21 heavy (non-hydrogen) atoms. The first-order valence-corrected chi connectivity index (χ1v) is 8.78. The Hall–Kier alpha value is -1.65. The van der Waals surface area contributed by atoms with Crippen molar-refractivity contribution in [3.8, 4) is 0 Å². The molecule has 2 N–H and O–H groups in total. The molecule has 2 aromatic carbocycles. The van der Waals surface area contributed by atoms with Crippen LogP contribution in [0.4, 0.5) is 0 Å². The summed E-state index contributed by atoms with van der Waals surface area (Å²) in [7, 11) is -3.16. The fourth-order valence-corrected chi connectivity index (χ4v) is 2.89. The molecule has 0 aliphatic heterocycles. The van der Waals surface area contributed by atoms with Crippen molar-refractivity contribution in [1.82, 2.24) is 0 Å². The summed E-state index contributed by atoms with van der Waals surface area (Å²) in [5.41, 5.74) is 10.9. The lowest BCUT2D eigenvalue weighted by atomic mass is 9.97. The fourth-order valence-electron chi connectivity index (χ4n) is 2.26. The van der Waals surface area contributed by atoms with E-state index in [4.69, 9.17) is 5.73 Å². The van der Waals surface area contributed by atoms with Gasteiger partial charge >= 0.3 is 0 Å². The monoisotopic (exact) mass is 303 g/mol. The Bertz CT molecular complexity index is 734. The van der Waals surface area contributed by atoms with E-state index in [9.17, 15) is 8.42 Å². The molecule has 0 bridgehead atoms. The van der Waals surface area contributed by atoms with Crippen molar-refractivity contribution in [2.75, 3.05) is 6.26 Å². The maximum absolute atomic E-state index is 11.4. The van der Waals surface area contributed by atoms with Gasteiger partial charge in [-0.3, -0.25) is 0 Å². The maximum Gasteiger partial charge on any atom is 0.175 e. The second kappa shape index (κ2) is 6.00. The van der Waals surface area contributed by atoms with Crippen molar-refractivity contribution in [3.63, 3.8) is 0 Å². The van der Waals surface area contributed by atoms with Gasteiger partial charge in [-0.1, -0.05) is 30.3 Å². The number of nitrogens with two attached hydrogens (primary N) is 1. The Kier molecular flexibility index (Phi) is 4.49. The third kappa shape index (κ3) is 3.93. The molecule has 0 saturated carbocycles. The molecule has 2 aromatic rings. The molecule has 0 fully saturated rings. The Morgan fingerprint density at radius 1 is 1.00 bits per heavy atom. The highest BCUT2D eigenvalue weighted by Crippen LogP contribution is 2.20. The molecule has 0 aromatic heterocycles. The van der Waals surface area contributed by atoms with Crippen LogP contribution in [0.3, 0.4) is 0 Å². The summed E-state index contributed by atoms with van der Waals surface area (Å²) < 4.78 is 22.9. The van der Waals surface area contributed by atoms with Crippen LogP contribution >= 0.6 is 0 Å². The first-order chi connectivity index (χ1) is 9.77. The number of aryl methyl sites for hydroxylation is 2. The molecule has 0 radical (unpaired) electrons. The van der Waals surface area contributed by atoms with Gasteiger partial charge in [0.15, 0.2) is 9.84 Å². The van der Waals surface area contributed by atoms with E-state index >= 15 is 0 Å².